The minimum Gasteiger partial charge on any atom is -0.484 e. The summed E-state index contributed by atoms with van der Waals surface area (Å²) in [6, 6.07) is 9.81. The summed E-state index contributed by atoms with van der Waals surface area (Å²) in [5.41, 5.74) is 3.94. The molecule has 6 heteroatoms. The van der Waals surface area contributed by atoms with E-state index < -0.39 is 0 Å². The molecule has 0 aliphatic heterocycles. The van der Waals surface area contributed by atoms with E-state index >= 15 is 0 Å². The molecule has 0 saturated carbocycles. The number of pyridine rings is 1. The highest BCUT2D eigenvalue weighted by Crippen LogP contribution is 2.28. The maximum atomic E-state index is 12.1. The van der Waals surface area contributed by atoms with Crippen molar-refractivity contribution < 1.29 is 9.53 Å². The van der Waals surface area contributed by atoms with Crippen molar-refractivity contribution in [3.63, 3.8) is 0 Å². The van der Waals surface area contributed by atoms with E-state index in [0.717, 1.165) is 16.0 Å². The Morgan fingerprint density at radius 2 is 1.92 bits per heavy atom. The van der Waals surface area contributed by atoms with Crippen molar-refractivity contribution in [2.24, 2.45) is 0 Å². The zero-order valence-corrected chi connectivity index (χ0v) is 15.6. The summed E-state index contributed by atoms with van der Waals surface area (Å²) in [4.78, 5) is 20.9. The Labute approximate surface area is 151 Å². The van der Waals surface area contributed by atoms with Gasteiger partial charge in [0.25, 0.3) is 5.91 Å². The maximum absolute atomic E-state index is 12.1. The van der Waals surface area contributed by atoms with E-state index in [2.05, 4.69) is 29.1 Å². The lowest BCUT2D eigenvalue weighted by molar-refractivity contribution is -0.118. The van der Waals surface area contributed by atoms with Crippen molar-refractivity contribution in [2.45, 2.75) is 33.6 Å². The minimum atomic E-state index is -0.235. The van der Waals surface area contributed by atoms with Gasteiger partial charge in [-0.3, -0.25) is 10.1 Å². The number of benzene rings is 1. The van der Waals surface area contributed by atoms with Gasteiger partial charge in [0.2, 0.25) is 0 Å². The highest BCUT2D eigenvalue weighted by molar-refractivity contribution is 7.22. The van der Waals surface area contributed by atoms with Crippen LogP contribution in [0.15, 0.2) is 30.3 Å². The van der Waals surface area contributed by atoms with Gasteiger partial charge in [0.1, 0.15) is 5.75 Å². The first kappa shape index (κ1) is 17.4. The Bertz CT molecular complexity index is 901. The lowest BCUT2D eigenvalue weighted by Crippen LogP contribution is -2.20. The number of aromatic nitrogens is 2. The van der Waals surface area contributed by atoms with Crippen LogP contribution in [0.3, 0.4) is 0 Å². The average molecular weight is 355 g/mol. The van der Waals surface area contributed by atoms with Gasteiger partial charge < -0.3 is 4.74 Å². The van der Waals surface area contributed by atoms with Crippen LogP contribution in [-0.4, -0.2) is 22.5 Å². The Morgan fingerprint density at radius 1 is 1.20 bits per heavy atom. The zero-order chi connectivity index (χ0) is 18.0. The number of carbonyl (C=O) groups is 1. The van der Waals surface area contributed by atoms with E-state index in [4.69, 9.17) is 4.74 Å². The Morgan fingerprint density at radius 3 is 2.60 bits per heavy atom. The number of amides is 1. The van der Waals surface area contributed by atoms with Crippen LogP contribution in [0.1, 0.15) is 36.6 Å². The smallest absolute Gasteiger partial charge is 0.264 e. The van der Waals surface area contributed by atoms with Crippen LogP contribution in [0.4, 0.5) is 5.13 Å². The maximum Gasteiger partial charge on any atom is 0.264 e. The number of hydrogen-bond donors (Lipinski definition) is 1. The van der Waals surface area contributed by atoms with Crippen molar-refractivity contribution in [1.82, 2.24) is 9.97 Å². The third kappa shape index (κ3) is 4.14. The first-order valence-electron chi connectivity index (χ1n) is 8.20. The van der Waals surface area contributed by atoms with Gasteiger partial charge >= 0.3 is 0 Å². The molecule has 3 aromatic rings. The molecule has 1 aromatic carbocycles. The van der Waals surface area contributed by atoms with Crippen LogP contribution < -0.4 is 10.1 Å². The third-order valence-corrected chi connectivity index (χ3v) is 4.93. The van der Waals surface area contributed by atoms with E-state index in [1.165, 1.54) is 16.9 Å². The van der Waals surface area contributed by atoms with Gasteiger partial charge in [-0.15, -0.1) is 0 Å². The second-order valence-electron chi connectivity index (χ2n) is 6.31. The molecule has 5 nitrogen and oxygen atoms in total. The van der Waals surface area contributed by atoms with Crippen molar-refractivity contribution in [2.75, 3.05) is 11.9 Å². The second-order valence-corrected chi connectivity index (χ2v) is 7.31. The standard InChI is InChI=1S/C19H21N3O2S/c1-11(2)14-5-7-15(8-6-14)24-10-16(23)21-19-22-18-17(25-19)12(3)9-13(4)20-18/h5-9,11H,10H2,1-4H3,(H,20,21,22,23). The molecule has 130 valence electrons. The molecule has 0 fully saturated rings. The van der Waals surface area contributed by atoms with Crippen LogP contribution in [-0.2, 0) is 4.79 Å². The van der Waals surface area contributed by atoms with Gasteiger partial charge in [-0.2, -0.15) is 4.98 Å². The normalized spacial score (nSPS) is 11.1. The van der Waals surface area contributed by atoms with Crippen LogP contribution in [0.2, 0.25) is 0 Å². The van der Waals surface area contributed by atoms with E-state index in [0.29, 0.717) is 22.4 Å². The van der Waals surface area contributed by atoms with Gasteiger partial charge in [0, 0.05) is 5.69 Å². The molecule has 0 aliphatic carbocycles. The molecule has 0 spiro atoms. The molecule has 0 unspecified atom stereocenters. The summed E-state index contributed by atoms with van der Waals surface area (Å²) in [6.07, 6.45) is 0. The molecule has 25 heavy (non-hydrogen) atoms. The summed E-state index contributed by atoms with van der Waals surface area (Å²) in [5, 5.41) is 3.32. The number of rotatable bonds is 5. The third-order valence-electron chi connectivity index (χ3n) is 3.84. The summed E-state index contributed by atoms with van der Waals surface area (Å²) in [5.74, 6) is 0.912. The van der Waals surface area contributed by atoms with Gasteiger partial charge in [-0.1, -0.05) is 37.3 Å². The van der Waals surface area contributed by atoms with E-state index in [-0.39, 0.29) is 12.5 Å². The summed E-state index contributed by atoms with van der Waals surface area (Å²) >= 11 is 1.43. The molecule has 0 saturated heterocycles. The number of fused-ring (bicyclic) bond motifs is 1. The molecular weight excluding hydrogens is 334 g/mol. The Balaban J connectivity index is 1.61. The molecule has 2 aromatic heterocycles. The van der Waals surface area contributed by atoms with Gasteiger partial charge in [0.05, 0.1) is 4.70 Å². The predicted octanol–water partition coefficient (Wildman–Crippen LogP) is 4.45. The van der Waals surface area contributed by atoms with Crippen molar-refractivity contribution >= 4 is 32.7 Å². The van der Waals surface area contributed by atoms with Crippen molar-refractivity contribution in [1.29, 1.82) is 0 Å². The van der Waals surface area contributed by atoms with Crippen molar-refractivity contribution in [3.05, 3.63) is 47.2 Å². The molecule has 0 radical (unpaired) electrons. The number of carbonyl (C=O) groups excluding carboxylic acids is 1. The average Bonchev–Trinajstić information content (AvgIpc) is 2.96. The Hall–Kier alpha value is -2.47. The number of anilines is 1. The molecule has 0 aliphatic rings. The highest BCUT2D eigenvalue weighted by atomic mass is 32.1. The molecule has 2 heterocycles. The first-order chi connectivity index (χ1) is 11.9. The molecule has 0 bridgehead atoms. The number of hydrogen-bond acceptors (Lipinski definition) is 5. The summed E-state index contributed by atoms with van der Waals surface area (Å²) in [6.45, 7) is 8.17. The van der Waals surface area contributed by atoms with Gasteiger partial charge in [0.15, 0.2) is 17.4 Å². The highest BCUT2D eigenvalue weighted by Gasteiger charge is 2.11. The molecule has 1 amide bonds. The van der Waals surface area contributed by atoms with Crippen LogP contribution in [0.5, 0.6) is 5.75 Å². The second kappa shape index (κ2) is 7.19. The number of ether oxygens (including phenoxy) is 1. The molecule has 1 N–H and O–H groups in total. The van der Waals surface area contributed by atoms with Crippen LogP contribution in [0.25, 0.3) is 10.3 Å². The van der Waals surface area contributed by atoms with E-state index in [1.54, 1.807) is 0 Å². The number of nitrogens with zero attached hydrogens (tertiary/aromatic N) is 2. The largest absolute Gasteiger partial charge is 0.484 e. The fraction of sp³-hybridized carbons (Fsp3) is 0.316. The van der Waals surface area contributed by atoms with E-state index in [9.17, 15) is 4.79 Å². The van der Waals surface area contributed by atoms with Crippen molar-refractivity contribution in [3.8, 4) is 5.75 Å². The lowest BCUT2D eigenvalue weighted by atomic mass is 10.0. The summed E-state index contributed by atoms with van der Waals surface area (Å²) in [7, 11) is 0. The SMILES string of the molecule is Cc1cc(C)c2sc(NC(=O)COc3ccc(C(C)C)cc3)nc2n1. The molecular formula is C19H21N3O2S. The minimum absolute atomic E-state index is 0.0532. The number of thiazole rings is 1. The fourth-order valence-corrected chi connectivity index (χ4v) is 3.42. The molecule has 3 rings (SSSR count). The molecule has 0 atom stereocenters. The zero-order valence-electron chi connectivity index (χ0n) is 14.8. The first-order valence-corrected chi connectivity index (χ1v) is 9.01. The fourth-order valence-electron chi connectivity index (χ4n) is 2.53. The number of aryl methyl sites for hydroxylation is 2. The predicted molar refractivity (Wildman–Crippen MR) is 102 cm³/mol. The quantitative estimate of drug-likeness (QED) is 0.734. The van der Waals surface area contributed by atoms with Crippen LogP contribution >= 0.6 is 11.3 Å². The lowest BCUT2D eigenvalue weighted by Gasteiger charge is -2.08. The Kier molecular flexibility index (Phi) is 4.99. The van der Waals surface area contributed by atoms with Gasteiger partial charge in [-0.05, 0) is 49.1 Å². The van der Waals surface area contributed by atoms with Crippen LogP contribution in [0, 0.1) is 13.8 Å². The van der Waals surface area contributed by atoms with E-state index in [1.807, 2.05) is 44.2 Å². The number of nitrogens with one attached hydrogen (secondary N) is 1. The topological polar surface area (TPSA) is 64.1 Å². The monoisotopic (exact) mass is 355 g/mol. The summed E-state index contributed by atoms with van der Waals surface area (Å²) < 4.78 is 6.53. The van der Waals surface area contributed by atoms with Gasteiger partial charge in [-0.25, -0.2) is 4.98 Å².